The molecule has 32 heavy (non-hydrogen) atoms. The van der Waals surface area contributed by atoms with Gasteiger partial charge in [0.2, 0.25) is 0 Å². The van der Waals surface area contributed by atoms with Gasteiger partial charge in [-0.3, -0.25) is 24.4 Å². The smallest absolute Gasteiger partial charge is 0.348 e. The fraction of sp³-hybridized carbons (Fsp3) is 0.611. The number of rotatable bonds is 12. The fourth-order valence-corrected chi connectivity index (χ4v) is 5.09. The summed E-state index contributed by atoms with van der Waals surface area (Å²) in [7, 11) is -5.30. The van der Waals surface area contributed by atoms with Crippen LogP contribution in [-0.4, -0.2) is 41.6 Å². The van der Waals surface area contributed by atoms with Crippen molar-refractivity contribution in [2.75, 3.05) is 19.8 Å². The molecule has 0 aromatic carbocycles. The van der Waals surface area contributed by atoms with Crippen LogP contribution in [0, 0.1) is 18.3 Å². The molecular weight excluding hydrogens is 462 g/mol. The van der Waals surface area contributed by atoms with Crippen molar-refractivity contribution < 1.29 is 27.4 Å². The summed E-state index contributed by atoms with van der Waals surface area (Å²) in [6, 6.07) is 1.94. The molecule has 178 valence electrons. The Labute approximate surface area is 186 Å². The molecule has 1 aliphatic heterocycles. The molecule has 0 radical (unpaired) electrons. The average Bonchev–Trinajstić information content (AvgIpc) is 3.12. The molecule has 1 saturated heterocycles. The van der Waals surface area contributed by atoms with E-state index in [1.807, 2.05) is 6.07 Å². The first-order valence-corrected chi connectivity index (χ1v) is 12.9. The summed E-state index contributed by atoms with van der Waals surface area (Å²) in [5, 5.41) is 8.63. The summed E-state index contributed by atoms with van der Waals surface area (Å²) in [6.07, 6.45) is 1.04. The third kappa shape index (κ3) is 7.44. The molecule has 2 heterocycles. The van der Waals surface area contributed by atoms with Crippen molar-refractivity contribution in [1.82, 2.24) is 9.55 Å². The highest BCUT2D eigenvalue weighted by molar-refractivity contribution is 7.57. The van der Waals surface area contributed by atoms with E-state index in [0.717, 1.165) is 0 Å². The largest absolute Gasteiger partial charge is 0.353 e. The van der Waals surface area contributed by atoms with E-state index >= 15 is 0 Å². The van der Waals surface area contributed by atoms with E-state index in [9.17, 15) is 14.2 Å². The minimum Gasteiger partial charge on any atom is -0.348 e. The van der Waals surface area contributed by atoms with Crippen LogP contribution < -0.4 is 16.8 Å². The molecule has 14 heteroatoms. The predicted molar refractivity (Wildman–Crippen MR) is 117 cm³/mol. The highest BCUT2D eigenvalue weighted by Gasteiger charge is 2.39. The zero-order valence-corrected chi connectivity index (χ0v) is 19.9. The second-order valence-electron chi connectivity index (χ2n) is 6.67. The third-order valence-electron chi connectivity index (χ3n) is 4.29. The number of nitrogens with one attached hydrogen (secondary N) is 1. The predicted octanol–water partition coefficient (Wildman–Crippen LogP) is 2.41. The van der Waals surface area contributed by atoms with Crippen LogP contribution in [0.15, 0.2) is 27.7 Å². The summed E-state index contributed by atoms with van der Waals surface area (Å²) < 4.78 is 41.4. The molecule has 1 aliphatic rings. The second kappa shape index (κ2) is 12.5. The Hall–Kier alpha value is -1.67. The Kier molecular flexibility index (Phi) is 10.4. The lowest BCUT2D eigenvalue weighted by Crippen LogP contribution is -2.36. The molecule has 2 rings (SSSR count). The van der Waals surface area contributed by atoms with Crippen molar-refractivity contribution in [3.05, 3.63) is 44.5 Å². The summed E-state index contributed by atoms with van der Waals surface area (Å²) in [5.74, 6) is 1.32. The van der Waals surface area contributed by atoms with E-state index in [1.165, 1.54) is 22.7 Å². The SMILES string of the molecule is CCOP(=O)(/C=C/[C@@H]1C[C@H](OP(N)OCCC#N)[C@H](n2cc(C)c(=O)[nH]c2=O)O1)OCC. The van der Waals surface area contributed by atoms with Gasteiger partial charge >= 0.3 is 13.3 Å². The molecular formula is C18H28N4O8P2. The van der Waals surface area contributed by atoms with Crippen LogP contribution in [0.1, 0.15) is 38.5 Å². The van der Waals surface area contributed by atoms with Gasteiger partial charge in [-0.2, -0.15) is 5.26 Å². The third-order valence-corrected chi connectivity index (χ3v) is 6.98. The van der Waals surface area contributed by atoms with Crippen molar-refractivity contribution in [3.63, 3.8) is 0 Å². The number of nitrogens with two attached hydrogens (primary N) is 1. The van der Waals surface area contributed by atoms with Crippen LogP contribution >= 0.6 is 16.1 Å². The highest BCUT2D eigenvalue weighted by Crippen LogP contribution is 2.50. The monoisotopic (exact) mass is 490 g/mol. The number of hydrogen-bond acceptors (Lipinski definition) is 10. The van der Waals surface area contributed by atoms with Gasteiger partial charge in [-0.25, -0.2) is 4.79 Å². The van der Waals surface area contributed by atoms with Gasteiger partial charge in [-0.05, 0) is 26.8 Å². The number of hydrogen-bond donors (Lipinski definition) is 2. The Morgan fingerprint density at radius 2 is 2.09 bits per heavy atom. The van der Waals surface area contributed by atoms with Gasteiger partial charge in [-0.15, -0.1) is 0 Å². The lowest BCUT2D eigenvalue weighted by molar-refractivity contribution is -0.0210. The van der Waals surface area contributed by atoms with E-state index in [1.54, 1.807) is 20.8 Å². The van der Waals surface area contributed by atoms with Crippen LogP contribution in [0.4, 0.5) is 0 Å². The Bertz CT molecular complexity index is 978. The zero-order chi connectivity index (χ0) is 23.7. The number of ether oxygens (including phenoxy) is 1. The molecule has 0 bridgehead atoms. The number of aromatic nitrogens is 2. The Morgan fingerprint density at radius 3 is 2.72 bits per heavy atom. The van der Waals surface area contributed by atoms with Gasteiger partial charge in [0.1, 0.15) is 6.10 Å². The van der Waals surface area contributed by atoms with E-state index in [2.05, 4.69) is 4.98 Å². The van der Waals surface area contributed by atoms with Gasteiger partial charge < -0.3 is 22.8 Å². The maximum atomic E-state index is 12.7. The summed E-state index contributed by atoms with van der Waals surface area (Å²) in [5.41, 5.74) is 5.03. The Balaban J connectivity index is 2.26. The van der Waals surface area contributed by atoms with E-state index in [0.29, 0.717) is 5.56 Å². The maximum absolute atomic E-state index is 12.7. The summed E-state index contributed by atoms with van der Waals surface area (Å²) in [6.45, 7) is 5.46. The summed E-state index contributed by atoms with van der Waals surface area (Å²) in [4.78, 5) is 26.4. The number of nitrogens with zero attached hydrogens (tertiary/aromatic N) is 2. The normalized spacial score (nSPS) is 22.3. The average molecular weight is 490 g/mol. The summed E-state index contributed by atoms with van der Waals surface area (Å²) >= 11 is 0. The lowest BCUT2D eigenvalue weighted by Gasteiger charge is -2.23. The molecule has 12 nitrogen and oxygen atoms in total. The van der Waals surface area contributed by atoms with Crippen molar-refractivity contribution in [1.29, 1.82) is 5.26 Å². The van der Waals surface area contributed by atoms with Gasteiger partial charge in [0.15, 0.2) is 6.23 Å². The zero-order valence-electron chi connectivity index (χ0n) is 18.1. The minimum absolute atomic E-state index is 0.101. The number of aromatic amines is 1. The molecule has 1 unspecified atom stereocenters. The molecule has 0 aliphatic carbocycles. The van der Waals surface area contributed by atoms with Crippen molar-refractivity contribution in [2.24, 2.45) is 5.50 Å². The van der Waals surface area contributed by atoms with Crippen molar-refractivity contribution in [3.8, 4) is 6.07 Å². The fourth-order valence-electron chi connectivity index (χ4n) is 2.94. The molecule has 1 aromatic rings. The number of H-pyrrole nitrogens is 1. The van der Waals surface area contributed by atoms with E-state index in [4.69, 9.17) is 33.6 Å². The van der Waals surface area contributed by atoms with Crippen LogP contribution in [0.3, 0.4) is 0 Å². The first kappa shape index (κ1) is 26.6. The standard InChI is InChI=1S/C18H28N4O8P2/c1-4-27-32(25,28-5-2)10-7-14-11-15(30-31(20)26-9-6-8-19)17(29-14)22-12-13(3)16(23)21-18(22)24/h7,10,12,14-15,17H,4-6,9,11,20H2,1-3H3,(H,21,23,24)/b10-7+/t14-,15+,17-,31?/m1/s1. The van der Waals surface area contributed by atoms with E-state index < -0.39 is 45.8 Å². The van der Waals surface area contributed by atoms with Crippen LogP contribution in [0.25, 0.3) is 0 Å². The molecule has 0 amide bonds. The van der Waals surface area contributed by atoms with Crippen LogP contribution in [-0.2, 0) is 27.4 Å². The molecule has 1 fully saturated rings. The number of nitriles is 1. The van der Waals surface area contributed by atoms with Gasteiger partial charge in [-0.1, -0.05) is 0 Å². The number of aryl methyl sites for hydroxylation is 1. The van der Waals surface area contributed by atoms with Gasteiger partial charge in [0.25, 0.3) is 14.1 Å². The van der Waals surface area contributed by atoms with Crippen molar-refractivity contribution >= 4 is 16.1 Å². The Morgan fingerprint density at radius 1 is 1.41 bits per heavy atom. The first-order valence-electron chi connectivity index (χ1n) is 10.00. The molecule has 4 atom stereocenters. The van der Waals surface area contributed by atoms with Gasteiger partial charge in [0.05, 0.1) is 38.4 Å². The van der Waals surface area contributed by atoms with Crippen LogP contribution in [0.5, 0.6) is 0 Å². The van der Waals surface area contributed by atoms with Gasteiger partial charge in [0, 0.05) is 24.0 Å². The second-order valence-corrected chi connectivity index (χ2v) is 9.60. The molecule has 1 aromatic heterocycles. The lowest BCUT2D eigenvalue weighted by atomic mass is 10.2. The first-order chi connectivity index (χ1) is 15.2. The topological polar surface area (TPSA) is 168 Å². The van der Waals surface area contributed by atoms with E-state index in [-0.39, 0.29) is 32.7 Å². The maximum Gasteiger partial charge on any atom is 0.353 e. The minimum atomic E-state index is -3.45. The molecule has 0 saturated carbocycles. The quantitative estimate of drug-likeness (QED) is 0.328. The highest BCUT2D eigenvalue weighted by atomic mass is 31.2. The molecule has 3 N–H and O–H groups in total. The van der Waals surface area contributed by atoms with Crippen LogP contribution in [0.2, 0.25) is 0 Å². The molecule has 0 spiro atoms. The van der Waals surface area contributed by atoms with Crippen molar-refractivity contribution in [2.45, 2.75) is 52.0 Å².